The zero-order valence-corrected chi connectivity index (χ0v) is 16.0. The second kappa shape index (κ2) is 7.70. The number of hydrogen-bond acceptors (Lipinski definition) is 4. The van der Waals surface area contributed by atoms with Gasteiger partial charge in [-0.2, -0.15) is 0 Å². The van der Waals surface area contributed by atoms with Gasteiger partial charge in [-0.05, 0) is 55.7 Å². The van der Waals surface area contributed by atoms with Gasteiger partial charge in [0.15, 0.2) is 0 Å². The highest BCUT2D eigenvalue weighted by Crippen LogP contribution is 2.31. The van der Waals surface area contributed by atoms with E-state index < -0.39 is 5.92 Å². The number of nitrogens with zero attached hydrogens (tertiary/aromatic N) is 1. The number of hydrogen-bond donors (Lipinski definition) is 1. The molecule has 1 fully saturated rings. The molecule has 2 aromatic carbocycles. The van der Waals surface area contributed by atoms with E-state index in [1.54, 1.807) is 30.2 Å². The van der Waals surface area contributed by atoms with Crippen molar-refractivity contribution in [3.63, 3.8) is 0 Å². The number of anilines is 2. The summed E-state index contributed by atoms with van der Waals surface area (Å²) in [5, 5.41) is 2.81. The van der Waals surface area contributed by atoms with E-state index in [1.807, 2.05) is 32.0 Å². The summed E-state index contributed by atoms with van der Waals surface area (Å²) in [4.78, 5) is 27.2. The molecule has 1 heterocycles. The Balaban J connectivity index is 1.75. The van der Waals surface area contributed by atoms with Crippen LogP contribution in [0.3, 0.4) is 0 Å². The summed E-state index contributed by atoms with van der Waals surface area (Å²) < 4.78 is 10.5. The molecule has 0 radical (unpaired) electrons. The molecule has 27 heavy (non-hydrogen) atoms. The van der Waals surface area contributed by atoms with E-state index in [2.05, 4.69) is 5.32 Å². The summed E-state index contributed by atoms with van der Waals surface area (Å²) in [6.45, 7) is 4.57. The average molecular weight is 368 g/mol. The number of aryl methyl sites for hydroxylation is 2. The van der Waals surface area contributed by atoms with Gasteiger partial charge in [0.05, 0.1) is 19.9 Å². The van der Waals surface area contributed by atoms with Crippen LogP contribution in [-0.4, -0.2) is 32.6 Å². The normalized spacial score (nSPS) is 16.4. The number of nitrogens with one attached hydrogen (secondary N) is 1. The number of ether oxygens (including phenoxy) is 2. The van der Waals surface area contributed by atoms with Crippen molar-refractivity contribution in [2.45, 2.75) is 20.3 Å². The summed E-state index contributed by atoms with van der Waals surface area (Å²) in [6, 6.07) is 11.0. The van der Waals surface area contributed by atoms with Crippen LogP contribution in [0.25, 0.3) is 0 Å². The Bertz CT molecular complexity index is 878. The van der Waals surface area contributed by atoms with E-state index in [0.29, 0.717) is 30.2 Å². The Morgan fingerprint density at radius 3 is 2.52 bits per heavy atom. The number of amides is 2. The molecule has 0 aliphatic carbocycles. The van der Waals surface area contributed by atoms with Gasteiger partial charge in [0.1, 0.15) is 17.4 Å². The molecule has 0 bridgehead atoms. The first-order chi connectivity index (χ1) is 12.9. The molecule has 1 atom stereocenters. The minimum absolute atomic E-state index is 0.178. The second-order valence-electron chi connectivity index (χ2n) is 6.66. The number of rotatable bonds is 5. The third-order valence-electron chi connectivity index (χ3n) is 4.99. The number of carbonyl (C=O) groups is 2. The van der Waals surface area contributed by atoms with Gasteiger partial charge in [0.2, 0.25) is 11.8 Å². The molecule has 6 heteroatoms. The number of benzene rings is 2. The van der Waals surface area contributed by atoms with Crippen molar-refractivity contribution in [3.05, 3.63) is 47.5 Å². The van der Waals surface area contributed by atoms with Gasteiger partial charge in [-0.15, -0.1) is 0 Å². The topological polar surface area (TPSA) is 67.9 Å². The summed E-state index contributed by atoms with van der Waals surface area (Å²) >= 11 is 0. The molecule has 1 saturated heterocycles. The molecule has 1 aliphatic heterocycles. The minimum atomic E-state index is -0.710. The van der Waals surface area contributed by atoms with Crippen molar-refractivity contribution in [2.24, 2.45) is 5.92 Å². The summed E-state index contributed by atoms with van der Waals surface area (Å²) in [7, 11) is 3.08. The molecule has 1 unspecified atom stereocenters. The minimum Gasteiger partial charge on any atom is -0.497 e. The van der Waals surface area contributed by atoms with Gasteiger partial charge >= 0.3 is 0 Å². The van der Waals surface area contributed by atoms with Crippen LogP contribution in [0.15, 0.2) is 36.4 Å². The van der Waals surface area contributed by atoms with Crippen LogP contribution in [0, 0.1) is 19.8 Å². The molecule has 142 valence electrons. The van der Waals surface area contributed by atoms with Gasteiger partial charge in [-0.1, -0.05) is 6.07 Å². The van der Waals surface area contributed by atoms with Crippen LogP contribution in [0.2, 0.25) is 0 Å². The Hall–Kier alpha value is -3.02. The molecule has 1 aliphatic rings. The lowest BCUT2D eigenvalue weighted by Gasteiger charge is -2.18. The maximum atomic E-state index is 12.8. The van der Waals surface area contributed by atoms with E-state index in [0.717, 1.165) is 11.3 Å². The fourth-order valence-electron chi connectivity index (χ4n) is 3.19. The zero-order valence-electron chi connectivity index (χ0n) is 16.0. The van der Waals surface area contributed by atoms with Gasteiger partial charge in [0.25, 0.3) is 0 Å². The van der Waals surface area contributed by atoms with Crippen LogP contribution >= 0.6 is 0 Å². The molecule has 6 nitrogen and oxygen atoms in total. The maximum Gasteiger partial charge on any atom is 0.239 e. The van der Waals surface area contributed by atoms with Gasteiger partial charge in [-0.3, -0.25) is 9.59 Å². The van der Waals surface area contributed by atoms with E-state index in [-0.39, 0.29) is 11.8 Å². The average Bonchev–Trinajstić information content (AvgIpc) is 3.05. The van der Waals surface area contributed by atoms with Crippen LogP contribution < -0.4 is 19.7 Å². The van der Waals surface area contributed by atoms with E-state index >= 15 is 0 Å². The van der Waals surface area contributed by atoms with Crippen LogP contribution in [0.4, 0.5) is 11.4 Å². The van der Waals surface area contributed by atoms with Gasteiger partial charge in [0, 0.05) is 18.3 Å². The van der Waals surface area contributed by atoms with Crippen molar-refractivity contribution in [1.29, 1.82) is 0 Å². The van der Waals surface area contributed by atoms with Crippen LogP contribution in [-0.2, 0) is 9.59 Å². The lowest BCUT2D eigenvalue weighted by Crippen LogP contribution is -2.33. The Labute approximate surface area is 159 Å². The highest BCUT2D eigenvalue weighted by atomic mass is 16.5. The zero-order chi connectivity index (χ0) is 19.6. The Morgan fingerprint density at radius 2 is 1.85 bits per heavy atom. The predicted octanol–water partition coefficient (Wildman–Crippen LogP) is 3.31. The van der Waals surface area contributed by atoms with Crippen molar-refractivity contribution >= 4 is 23.2 Å². The van der Waals surface area contributed by atoms with Crippen molar-refractivity contribution < 1.29 is 19.1 Å². The number of carbonyl (C=O) groups excluding carboxylic acids is 2. The first-order valence-electron chi connectivity index (χ1n) is 8.86. The number of methoxy groups -OCH3 is 2. The molecular weight excluding hydrogens is 344 g/mol. The fourth-order valence-corrected chi connectivity index (χ4v) is 3.19. The summed E-state index contributed by atoms with van der Waals surface area (Å²) in [5.74, 6) is -0.0988. The fraction of sp³-hybridized carbons (Fsp3) is 0.333. The lowest BCUT2D eigenvalue weighted by molar-refractivity contribution is -0.129. The van der Waals surface area contributed by atoms with E-state index in [9.17, 15) is 9.59 Å². The largest absolute Gasteiger partial charge is 0.497 e. The van der Waals surface area contributed by atoms with Crippen molar-refractivity contribution in [3.8, 4) is 11.5 Å². The highest BCUT2D eigenvalue weighted by Gasteiger charge is 2.38. The SMILES string of the molecule is COc1ccc(NC(=O)C2CCN(c3ccc(C)c(C)c3)C2=O)c(OC)c1. The maximum absolute atomic E-state index is 12.8. The first-order valence-corrected chi connectivity index (χ1v) is 8.86. The monoisotopic (exact) mass is 368 g/mol. The van der Waals surface area contributed by atoms with E-state index in [1.165, 1.54) is 12.7 Å². The van der Waals surface area contributed by atoms with Gasteiger partial charge in [-0.25, -0.2) is 0 Å². The molecule has 0 spiro atoms. The third-order valence-corrected chi connectivity index (χ3v) is 4.99. The molecule has 0 aromatic heterocycles. The Morgan fingerprint density at radius 1 is 1.07 bits per heavy atom. The van der Waals surface area contributed by atoms with Crippen LogP contribution in [0.1, 0.15) is 17.5 Å². The standard InChI is InChI=1S/C21H24N2O4/c1-13-5-6-15(11-14(13)2)23-10-9-17(21(23)25)20(24)22-18-8-7-16(26-3)12-19(18)27-4/h5-8,11-12,17H,9-10H2,1-4H3,(H,22,24). The highest BCUT2D eigenvalue weighted by molar-refractivity contribution is 6.13. The molecule has 1 N–H and O–H groups in total. The van der Waals surface area contributed by atoms with Crippen molar-refractivity contribution in [2.75, 3.05) is 31.0 Å². The molecular formula is C21H24N2O4. The van der Waals surface area contributed by atoms with Crippen molar-refractivity contribution in [1.82, 2.24) is 0 Å². The third kappa shape index (κ3) is 3.74. The lowest BCUT2D eigenvalue weighted by atomic mass is 10.1. The quantitative estimate of drug-likeness (QED) is 0.822. The predicted molar refractivity (Wildman–Crippen MR) is 105 cm³/mol. The molecule has 2 aromatic rings. The Kier molecular flexibility index (Phi) is 5.35. The molecule has 0 saturated carbocycles. The molecule has 3 rings (SSSR count). The van der Waals surface area contributed by atoms with Gasteiger partial charge < -0.3 is 19.7 Å². The van der Waals surface area contributed by atoms with Crippen LogP contribution in [0.5, 0.6) is 11.5 Å². The smallest absolute Gasteiger partial charge is 0.239 e. The second-order valence-corrected chi connectivity index (χ2v) is 6.66. The first kappa shape index (κ1) is 18.8. The molecule has 2 amide bonds. The van der Waals surface area contributed by atoms with E-state index in [4.69, 9.17) is 9.47 Å². The summed E-state index contributed by atoms with van der Waals surface area (Å²) in [5.41, 5.74) is 3.64. The summed E-state index contributed by atoms with van der Waals surface area (Å²) in [6.07, 6.45) is 0.482.